The number of nitrogens with zero attached hydrogens (tertiary/aromatic N) is 3. The molecular formula is C21H23N7O5. The second-order valence-electron chi connectivity index (χ2n) is 7.21. The Hall–Kier alpha value is -4.35. The zero-order valence-electron chi connectivity index (χ0n) is 17.8. The van der Waals surface area contributed by atoms with Crippen LogP contribution in [0.4, 0.5) is 11.6 Å². The monoisotopic (exact) mass is 453 g/mol. The molecule has 12 nitrogen and oxygen atoms in total. The number of hydrogen-bond acceptors (Lipinski definition) is 9. The third kappa shape index (κ3) is 6.09. The van der Waals surface area contributed by atoms with Crippen LogP contribution in [-0.4, -0.2) is 48.7 Å². The maximum Gasteiger partial charge on any atom is 0.326 e. The largest absolute Gasteiger partial charge is 0.480 e. The van der Waals surface area contributed by atoms with Crippen molar-refractivity contribution in [1.29, 1.82) is 0 Å². The van der Waals surface area contributed by atoms with E-state index in [1.807, 2.05) is 0 Å². The van der Waals surface area contributed by atoms with Gasteiger partial charge < -0.3 is 21.5 Å². The summed E-state index contributed by atoms with van der Waals surface area (Å²) in [5.74, 6) is -1.85. The standard InChI is InChI=1S/C21H23N7O5/c1-2-14(29)7-8-15(20(32)33)26-18(30)11-3-5-12(6-4-11)23-9-13-10-24-17-16(25-13)19(31)28-21(22)27-17/h3-6,10,15,23H,2,7-9H2,1H3,(H,26,30)(H,32,33)(H3,22,24,27,28,31). The van der Waals surface area contributed by atoms with Crippen molar-refractivity contribution in [2.75, 3.05) is 11.1 Å². The smallest absolute Gasteiger partial charge is 0.326 e. The molecule has 33 heavy (non-hydrogen) atoms. The van der Waals surface area contributed by atoms with Crippen molar-refractivity contribution in [3.8, 4) is 0 Å². The highest BCUT2D eigenvalue weighted by atomic mass is 16.4. The number of carbonyl (C=O) groups excluding carboxylic acids is 2. The average Bonchev–Trinajstić information content (AvgIpc) is 2.80. The Bertz CT molecular complexity index is 1240. The highest BCUT2D eigenvalue weighted by Gasteiger charge is 2.21. The number of nitrogens with one attached hydrogen (secondary N) is 3. The number of carboxylic acid groups (broad SMARTS) is 1. The molecule has 0 aliphatic heterocycles. The fraction of sp³-hybridized carbons (Fsp3) is 0.286. The fourth-order valence-electron chi connectivity index (χ4n) is 2.97. The van der Waals surface area contributed by atoms with Crippen LogP contribution < -0.4 is 21.9 Å². The Morgan fingerprint density at radius 2 is 1.91 bits per heavy atom. The summed E-state index contributed by atoms with van der Waals surface area (Å²) in [6.45, 7) is 1.96. The van der Waals surface area contributed by atoms with E-state index in [4.69, 9.17) is 5.73 Å². The first-order valence-electron chi connectivity index (χ1n) is 10.2. The number of ketones is 1. The Morgan fingerprint density at radius 3 is 2.58 bits per heavy atom. The molecule has 0 aliphatic rings. The summed E-state index contributed by atoms with van der Waals surface area (Å²) in [5, 5.41) is 14.8. The lowest BCUT2D eigenvalue weighted by Crippen LogP contribution is -2.41. The maximum absolute atomic E-state index is 12.4. The van der Waals surface area contributed by atoms with Gasteiger partial charge in [-0.3, -0.25) is 19.4 Å². The Labute approximate surface area is 187 Å². The van der Waals surface area contributed by atoms with Crippen LogP contribution in [0.3, 0.4) is 0 Å². The van der Waals surface area contributed by atoms with Crippen LogP contribution in [0.25, 0.3) is 11.2 Å². The first-order valence-corrected chi connectivity index (χ1v) is 10.2. The first-order chi connectivity index (χ1) is 15.8. The van der Waals surface area contributed by atoms with Crippen LogP contribution in [0.1, 0.15) is 42.2 Å². The number of rotatable bonds is 10. The highest BCUT2D eigenvalue weighted by molar-refractivity contribution is 5.97. The Kier molecular flexibility index (Phi) is 7.28. The second kappa shape index (κ2) is 10.3. The van der Waals surface area contributed by atoms with Crippen molar-refractivity contribution in [1.82, 2.24) is 25.3 Å². The van der Waals surface area contributed by atoms with E-state index < -0.39 is 23.5 Å². The molecule has 0 bridgehead atoms. The van der Waals surface area contributed by atoms with Gasteiger partial charge >= 0.3 is 5.97 Å². The van der Waals surface area contributed by atoms with E-state index in [0.717, 1.165) is 0 Å². The number of anilines is 2. The number of carbonyl (C=O) groups is 3. The number of carboxylic acids is 1. The van der Waals surface area contributed by atoms with Crippen LogP contribution in [0.5, 0.6) is 0 Å². The minimum atomic E-state index is -1.20. The molecule has 6 N–H and O–H groups in total. The summed E-state index contributed by atoms with van der Waals surface area (Å²) in [6, 6.07) is 5.23. The minimum Gasteiger partial charge on any atom is -0.480 e. The third-order valence-corrected chi connectivity index (χ3v) is 4.82. The van der Waals surface area contributed by atoms with Crippen LogP contribution in [0.2, 0.25) is 0 Å². The summed E-state index contributed by atoms with van der Waals surface area (Å²) in [5.41, 5.74) is 6.66. The zero-order chi connectivity index (χ0) is 24.0. The predicted octanol–water partition coefficient (Wildman–Crippen LogP) is 0.850. The number of aromatic amines is 1. The molecule has 0 saturated heterocycles. The summed E-state index contributed by atoms with van der Waals surface area (Å²) >= 11 is 0. The van der Waals surface area contributed by atoms with Gasteiger partial charge in [0.05, 0.1) is 18.4 Å². The number of Topliss-reactive ketones (excluding diaryl/α,β-unsaturated/α-hetero) is 1. The SMILES string of the molecule is CCC(=O)CCC(NC(=O)c1ccc(NCc2cnc3nc(N)[nH]c(=O)c3n2)cc1)C(=O)O. The van der Waals surface area contributed by atoms with Gasteiger partial charge in [-0.05, 0) is 30.7 Å². The molecule has 0 aliphatic carbocycles. The quantitative estimate of drug-likeness (QED) is 0.294. The van der Waals surface area contributed by atoms with Gasteiger partial charge in [0.2, 0.25) is 5.95 Å². The van der Waals surface area contributed by atoms with Crippen LogP contribution in [-0.2, 0) is 16.1 Å². The number of fused-ring (bicyclic) bond motifs is 1. The number of hydrogen-bond donors (Lipinski definition) is 5. The average molecular weight is 453 g/mol. The molecule has 172 valence electrons. The second-order valence-corrected chi connectivity index (χ2v) is 7.21. The molecule has 0 spiro atoms. The van der Waals surface area contributed by atoms with Crippen molar-refractivity contribution in [2.45, 2.75) is 38.8 Å². The number of nitrogens with two attached hydrogens (primary N) is 1. The molecule has 1 aromatic carbocycles. The van der Waals surface area contributed by atoms with Crippen LogP contribution >= 0.6 is 0 Å². The summed E-state index contributed by atoms with van der Waals surface area (Å²) in [4.78, 5) is 61.8. The molecule has 0 radical (unpaired) electrons. The molecule has 0 saturated carbocycles. The van der Waals surface area contributed by atoms with Gasteiger partial charge in [-0.2, -0.15) is 4.98 Å². The van der Waals surface area contributed by atoms with Crippen LogP contribution in [0, 0.1) is 0 Å². The lowest BCUT2D eigenvalue weighted by molar-refractivity contribution is -0.139. The van der Waals surface area contributed by atoms with E-state index in [-0.39, 0.29) is 47.8 Å². The number of benzene rings is 1. The minimum absolute atomic E-state index is 0.0329. The predicted molar refractivity (Wildman–Crippen MR) is 120 cm³/mol. The molecule has 3 aromatic rings. The van der Waals surface area contributed by atoms with E-state index in [1.54, 1.807) is 19.1 Å². The molecule has 1 atom stereocenters. The van der Waals surface area contributed by atoms with Gasteiger partial charge in [0.25, 0.3) is 11.5 Å². The summed E-state index contributed by atoms with van der Waals surface area (Å²) in [6.07, 6.45) is 1.91. The summed E-state index contributed by atoms with van der Waals surface area (Å²) < 4.78 is 0. The number of aliphatic carboxylic acids is 1. The lowest BCUT2D eigenvalue weighted by atomic mass is 10.1. The maximum atomic E-state index is 12.4. The molecule has 3 rings (SSSR count). The Morgan fingerprint density at radius 1 is 1.18 bits per heavy atom. The third-order valence-electron chi connectivity index (χ3n) is 4.82. The fourth-order valence-corrected chi connectivity index (χ4v) is 2.97. The normalized spacial score (nSPS) is 11.7. The van der Waals surface area contributed by atoms with Crippen molar-refractivity contribution in [3.63, 3.8) is 0 Å². The van der Waals surface area contributed by atoms with Gasteiger partial charge in [0.1, 0.15) is 11.8 Å². The van der Waals surface area contributed by atoms with Crippen molar-refractivity contribution in [3.05, 3.63) is 52.1 Å². The molecular weight excluding hydrogens is 430 g/mol. The molecule has 0 fully saturated rings. The molecule has 2 aromatic heterocycles. The number of nitrogen functional groups attached to an aromatic ring is 1. The van der Waals surface area contributed by atoms with E-state index in [2.05, 4.69) is 30.6 Å². The van der Waals surface area contributed by atoms with Crippen molar-refractivity contribution >= 4 is 40.5 Å². The first kappa shape index (κ1) is 23.3. The molecule has 1 unspecified atom stereocenters. The van der Waals surface area contributed by atoms with E-state index in [9.17, 15) is 24.3 Å². The van der Waals surface area contributed by atoms with E-state index in [1.165, 1.54) is 18.3 Å². The van der Waals surface area contributed by atoms with E-state index in [0.29, 0.717) is 17.8 Å². The molecule has 12 heteroatoms. The van der Waals surface area contributed by atoms with Crippen molar-refractivity contribution in [2.24, 2.45) is 0 Å². The summed E-state index contributed by atoms with van der Waals surface area (Å²) in [7, 11) is 0. The lowest BCUT2D eigenvalue weighted by Gasteiger charge is -2.14. The van der Waals surface area contributed by atoms with Gasteiger partial charge in [-0.25, -0.2) is 14.8 Å². The zero-order valence-corrected chi connectivity index (χ0v) is 17.8. The van der Waals surface area contributed by atoms with E-state index >= 15 is 0 Å². The van der Waals surface area contributed by atoms with Gasteiger partial charge in [0.15, 0.2) is 11.2 Å². The number of H-pyrrole nitrogens is 1. The van der Waals surface area contributed by atoms with Crippen molar-refractivity contribution < 1.29 is 19.5 Å². The van der Waals surface area contributed by atoms with Gasteiger partial charge in [-0.15, -0.1) is 0 Å². The molecule has 1 amide bonds. The van der Waals surface area contributed by atoms with Gasteiger partial charge in [-0.1, -0.05) is 6.92 Å². The number of aromatic nitrogens is 4. The van der Waals surface area contributed by atoms with Gasteiger partial charge in [0, 0.05) is 24.1 Å². The Balaban J connectivity index is 1.61. The highest BCUT2D eigenvalue weighted by Crippen LogP contribution is 2.12. The number of amides is 1. The molecule has 2 heterocycles. The van der Waals surface area contributed by atoms with Crippen LogP contribution in [0.15, 0.2) is 35.3 Å². The topological polar surface area (TPSA) is 193 Å².